The summed E-state index contributed by atoms with van der Waals surface area (Å²) in [6.07, 6.45) is 0.869. The molecule has 0 heterocycles. The first-order valence-electron chi connectivity index (χ1n) is 7.70. The van der Waals surface area contributed by atoms with Gasteiger partial charge in [-0.15, -0.1) is 0 Å². The van der Waals surface area contributed by atoms with Gasteiger partial charge in [0.15, 0.2) is 0 Å². The number of hydrogen-bond acceptors (Lipinski definition) is 3. The van der Waals surface area contributed by atoms with Crippen LogP contribution in [-0.2, 0) is 4.79 Å². The zero-order chi connectivity index (χ0) is 15.9. The molecule has 0 aliphatic heterocycles. The van der Waals surface area contributed by atoms with Crippen molar-refractivity contribution in [3.63, 3.8) is 0 Å². The predicted molar refractivity (Wildman–Crippen MR) is 91.0 cm³/mol. The second-order valence-corrected chi connectivity index (χ2v) is 5.77. The van der Waals surface area contributed by atoms with Crippen LogP contribution >= 0.6 is 0 Å². The quantitative estimate of drug-likeness (QED) is 0.826. The summed E-state index contributed by atoms with van der Waals surface area (Å²) in [7, 11) is 1.97. The molecule has 2 N–H and O–H groups in total. The molecule has 0 aromatic heterocycles. The Kier molecular flexibility index (Phi) is 5.92. The van der Waals surface area contributed by atoms with E-state index in [1.807, 2.05) is 49.5 Å². The van der Waals surface area contributed by atoms with E-state index in [0.717, 1.165) is 29.4 Å². The Balaban J connectivity index is 1.89. The zero-order valence-electron chi connectivity index (χ0n) is 13.2. The van der Waals surface area contributed by atoms with Gasteiger partial charge in [-0.3, -0.25) is 4.79 Å². The van der Waals surface area contributed by atoms with E-state index in [1.54, 1.807) is 6.92 Å². The number of rotatable bonds is 7. The van der Waals surface area contributed by atoms with Crippen LogP contribution < -0.4 is 5.32 Å². The molecule has 22 heavy (non-hydrogen) atoms. The minimum atomic E-state index is -0.299. The minimum Gasteiger partial charge on any atom is -0.393 e. The van der Waals surface area contributed by atoms with Crippen LogP contribution in [0.5, 0.6) is 0 Å². The maximum absolute atomic E-state index is 12.1. The molecule has 0 fully saturated rings. The number of aliphatic hydroxyl groups is 1. The SMILES string of the molecule is CC(O)CCN(C)CCC(=O)Nc1cccc2ccccc12. The Labute approximate surface area is 131 Å². The van der Waals surface area contributed by atoms with Crippen molar-refractivity contribution in [3.8, 4) is 0 Å². The molecule has 0 saturated heterocycles. The molecule has 0 radical (unpaired) electrons. The van der Waals surface area contributed by atoms with Crippen LogP contribution in [0.25, 0.3) is 10.8 Å². The van der Waals surface area contributed by atoms with Gasteiger partial charge in [0.25, 0.3) is 0 Å². The fourth-order valence-corrected chi connectivity index (χ4v) is 2.36. The van der Waals surface area contributed by atoms with Crippen LogP contribution in [0, 0.1) is 0 Å². The number of anilines is 1. The van der Waals surface area contributed by atoms with Crippen molar-refractivity contribution in [3.05, 3.63) is 42.5 Å². The number of carbonyl (C=O) groups excluding carboxylic acids is 1. The van der Waals surface area contributed by atoms with Gasteiger partial charge in [0.2, 0.25) is 5.91 Å². The van der Waals surface area contributed by atoms with Gasteiger partial charge >= 0.3 is 0 Å². The molecule has 4 nitrogen and oxygen atoms in total. The van der Waals surface area contributed by atoms with E-state index in [0.29, 0.717) is 13.0 Å². The Morgan fingerprint density at radius 1 is 1.18 bits per heavy atom. The molecule has 1 atom stereocenters. The Bertz CT molecular complexity index is 620. The lowest BCUT2D eigenvalue weighted by Gasteiger charge is -2.17. The average molecular weight is 300 g/mol. The highest BCUT2D eigenvalue weighted by Gasteiger charge is 2.08. The highest BCUT2D eigenvalue weighted by atomic mass is 16.3. The van der Waals surface area contributed by atoms with Crippen molar-refractivity contribution in [2.24, 2.45) is 0 Å². The second-order valence-electron chi connectivity index (χ2n) is 5.77. The first-order valence-corrected chi connectivity index (χ1v) is 7.70. The Morgan fingerprint density at radius 2 is 1.91 bits per heavy atom. The second kappa shape index (κ2) is 7.92. The number of amides is 1. The molecular formula is C18H24N2O2. The summed E-state index contributed by atoms with van der Waals surface area (Å²) < 4.78 is 0. The van der Waals surface area contributed by atoms with E-state index < -0.39 is 0 Å². The summed E-state index contributed by atoms with van der Waals surface area (Å²) in [6, 6.07) is 13.9. The Hall–Kier alpha value is -1.91. The summed E-state index contributed by atoms with van der Waals surface area (Å²) in [5.74, 6) is 0.0141. The molecule has 4 heteroatoms. The van der Waals surface area contributed by atoms with Crippen LogP contribution in [-0.4, -0.2) is 42.2 Å². The lowest BCUT2D eigenvalue weighted by Crippen LogP contribution is -2.26. The van der Waals surface area contributed by atoms with E-state index in [4.69, 9.17) is 0 Å². The number of aliphatic hydroxyl groups excluding tert-OH is 1. The summed E-state index contributed by atoms with van der Waals surface area (Å²) in [5.41, 5.74) is 0.856. The van der Waals surface area contributed by atoms with E-state index in [1.165, 1.54) is 0 Å². The van der Waals surface area contributed by atoms with Crippen molar-refractivity contribution in [1.29, 1.82) is 0 Å². The van der Waals surface area contributed by atoms with Crippen LogP contribution in [0.3, 0.4) is 0 Å². The summed E-state index contributed by atoms with van der Waals surface area (Å²) in [6.45, 7) is 3.25. The summed E-state index contributed by atoms with van der Waals surface area (Å²) in [4.78, 5) is 14.2. The van der Waals surface area contributed by atoms with E-state index in [9.17, 15) is 9.90 Å². The molecule has 0 bridgehead atoms. The molecule has 1 unspecified atom stereocenters. The number of fused-ring (bicyclic) bond motifs is 1. The van der Waals surface area contributed by atoms with Crippen LogP contribution in [0.4, 0.5) is 5.69 Å². The van der Waals surface area contributed by atoms with Gasteiger partial charge in [0, 0.05) is 30.6 Å². The first-order chi connectivity index (χ1) is 10.6. The third-order valence-corrected chi connectivity index (χ3v) is 3.71. The van der Waals surface area contributed by atoms with Gasteiger partial charge in [-0.1, -0.05) is 36.4 Å². The van der Waals surface area contributed by atoms with E-state index >= 15 is 0 Å². The summed E-state index contributed by atoms with van der Waals surface area (Å²) in [5, 5.41) is 14.4. The maximum atomic E-state index is 12.1. The van der Waals surface area contributed by atoms with Crippen LogP contribution in [0.2, 0.25) is 0 Å². The Morgan fingerprint density at radius 3 is 2.68 bits per heavy atom. The van der Waals surface area contributed by atoms with Gasteiger partial charge in [-0.2, -0.15) is 0 Å². The van der Waals surface area contributed by atoms with Gasteiger partial charge in [-0.25, -0.2) is 0 Å². The highest BCUT2D eigenvalue weighted by molar-refractivity contribution is 6.02. The molecule has 1 amide bonds. The molecule has 118 valence electrons. The molecular weight excluding hydrogens is 276 g/mol. The molecule has 0 saturated carbocycles. The van der Waals surface area contributed by atoms with Crippen molar-refractivity contribution in [2.75, 3.05) is 25.5 Å². The van der Waals surface area contributed by atoms with Crippen LogP contribution in [0.15, 0.2) is 42.5 Å². The third kappa shape index (κ3) is 4.83. The third-order valence-electron chi connectivity index (χ3n) is 3.71. The lowest BCUT2D eigenvalue weighted by molar-refractivity contribution is -0.116. The zero-order valence-corrected chi connectivity index (χ0v) is 13.2. The lowest BCUT2D eigenvalue weighted by atomic mass is 10.1. The largest absolute Gasteiger partial charge is 0.393 e. The maximum Gasteiger partial charge on any atom is 0.225 e. The van der Waals surface area contributed by atoms with Gasteiger partial charge in [0.1, 0.15) is 0 Å². The number of nitrogens with zero attached hydrogens (tertiary/aromatic N) is 1. The number of hydrogen-bond donors (Lipinski definition) is 2. The fourth-order valence-electron chi connectivity index (χ4n) is 2.36. The molecule has 0 aliphatic rings. The molecule has 2 aromatic carbocycles. The molecule has 2 aromatic rings. The van der Waals surface area contributed by atoms with Crippen molar-refractivity contribution in [2.45, 2.75) is 25.9 Å². The van der Waals surface area contributed by atoms with Gasteiger partial charge in [0.05, 0.1) is 6.10 Å². The number of carbonyl (C=O) groups is 1. The number of nitrogens with one attached hydrogen (secondary N) is 1. The van der Waals surface area contributed by atoms with Crippen molar-refractivity contribution < 1.29 is 9.90 Å². The fraction of sp³-hybridized carbons (Fsp3) is 0.389. The topological polar surface area (TPSA) is 52.6 Å². The normalized spacial score (nSPS) is 12.5. The van der Waals surface area contributed by atoms with Crippen LogP contribution in [0.1, 0.15) is 19.8 Å². The monoisotopic (exact) mass is 300 g/mol. The van der Waals surface area contributed by atoms with Crippen molar-refractivity contribution >= 4 is 22.4 Å². The first kappa shape index (κ1) is 16.5. The molecule has 0 aliphatic carbocycles. The summed E-state index contributed by atoms with van der Waals surface area (Å²) >= 11 is 0. The van der Waals surface area contributed by atoms with Gasteiger partial charge in [-0.05, 0) is 31.8 Å². The smallest absolute Gasteiger partial charge is 0.225 e. The molecule has 2 rings (SSSR count). The number of benzene rings is 2. The van der Waals surface area contributed by atoms with E-state index in [2.05, 4.69) is 10.2 Å². The standard InChI is InChI=1S/C18H24N2O2/c1-14(21)10-12-20(2)13-11-18(22)19-17-9-5-7-15-6-3-4-8-16(15)17/h3-9,14,21H,10-13H2,1-2H3,(H,19,22). The van der Waals surface area contributed by atoms with E-state index in [-0.39, 0.29) is 12.0 Å². The average Bonchev–Trinajstić information content (AvgIpc) is 2.51. The predicted octanol–water partition coefficient (Wildman–Crippen LogP) is 2.87. The highest BCUT2D eigenvalue weighted by Crippen LogP contribution is 2.22. The van der Waals surface area contributed by atoms with Gasteiger partial charge < -0.3 is 15.3 Å². The molecule has 0 spiro atoms. The minimum absolute atomic E-state index is 0.0141. The van der Waals surface area contributed by atoms with Crippen molar-refractivity contribution in [1.82, 2.24) is 4.90 Å².